The Bertz CT molecular complexity index is 429. The van der Waals surface area contributed by atoms with Crippen molar-refractivity contribution in [3.05, 3.63) is 35.5 Å². The van der Waals surface area contributed by atoms with Gasteiger partial charge in [-0.3, -0.25) is 0 Å². The lowest BCUT2D eigenvalue weighted by Crippen LogP contribution is -1.89. The van der Waals surface area contributed by atoms with E-state index in [0.29, 0.717) is 0 Å². The fraction of sp³-hybridized carbons (Fsp3) is 0.273. The number of rotatable bonds is 1. The summed E-state index contributed by atoms with van der Waals surface area (Å²) in [6, 6.07) is 6.09. The minimum atomic E-state index is -0.408. The van der Waals surface area contributed by atoms with Crippen LogP contribution in [0, 0.1) is 6.92 Å². The molecule has 0 radical (unpaired) electrons. The molecule has 1 aromatic heterocycles. The number of aliphatic hydroxyl groups excluding tert-OH is 1. The predicted molar refractivity (Wildman–Crippen MR) is 53.7 cm³/mol. The maximum atomic E-state index is 9.52. The van der Waals surface area contributed by atoms with Gasteiger partial charge in [-0.1, -0.05) is 12.1 Å². The molecule has 0 bridgehead atoms. The summed E-state index contributed by atoms with van der Waals surface area (Å²) in [6.45, 7) is 3.84. The van der Waals surface area contributed by atoms with Crippen molar-refractivity contribution < 1.29 is 5.11 Å². The van der Waals surface area contributed by atoms with Crippen molar-refractivity contribution in [2.24, 2.45) is 0 Å². The van der Waals surface area contributed by atoms with Crippen LogP contribution >= 0.6 is 0 Å². The molecule has 0 fully saturated rings. The van der Waals surface area contributed by atoms with E-state index in [2.05, 4.69) is 18.0 Å². The summed E-state index contributed by atoms with van der Waals surface area (Å²) in [6.07, 6.45) is 1.47. The molecule has 1 heterocycles. The van der Waals surface area contributed by atoms with Gasteiger partial charge >= 0.3 is 0 Å². The van der Waals surface area contributed by atoms with Gasteiger partial charge in [0.25, 0.3) is 0 Å². The minimum Gasteiger partial charge on any atom is -0.389 e. The molecule has 2 N–H and O–H groups in total. The van der Waals surface area contributed by atoms with Gasteiger partial charge in [0, 0.05) is 22.7 Å². The van der Waals surface area contributed by atoms with E-state index in [9.17, 15) is 5.11 Å². The van der Waals surface area contributed by atoms with E-state index in [-0.39, 0.29) is 0 Å². The number of aromatic nitrogens is 1. The van der Waals surface area contributed by atoms with E-state index < -0.39 is 6.10 Å². The molecule has 1 atom stereocenters. The zero-order valence-electron chi connectivity index (χ0n) is 7.83. The van der Waals surface area contributed by atoms with E-state index in [1.807, 2.05) is 18.3 Å². The first-order valence-corrected chi connectivity index (χ1v) is 4.45. The van der Waals surface area contributed by atoms with Gasteiger partial charge in [-0.05, 0) is 25.5 Å². The number of aliphatic hydroxyl groups is 1. The number of aryl methyl sites for hydroxylation is 1. The monoisotopic (exact) mass is 175 g/mol. The van der Waals surface area contributed by atoms with Crippen LogP contribution in [0.25, 0.3) is 10.9 Å². The van der Waals surface area contributed by atoms with Gasteiger partial charge in [-0.15, -0.1) is 0 Å². The van der Waals surface area contributed by atoms with Crippen LogP contribution in [-0.2, 0) is 0 Å². The molecule has 2 nitrogen and oxygen atoms in total. The first-order valence-electron chi connectivity index (χ1n) is 4.45. The standard InChI is InChI=1S/C11H13NO/c1-7-4-3-5-10-11(7)9(6-12-10)8(2)13/h3-6,8,12-13H,1-2H3/t8-/m1/s1. The van der Waals surface area contributed by atoms with Crippen LogP contribution < -0.4 is 0 Å². The summed E-state index contributed by atoms with van der Waals surface area (Å²) in [7, 11) is 0. The minimum absolute atomic E-state index is 0.408. The van der Waals surface area contributed by atoms with Crippen LogP contribution in [0.15, 0.2) is 24.4 Å². The van der Waals surface area contributed by atoms with Crippen LogP contribution in [0.1, 0.15) is 24.2 Å². The third-order valence-corrected chi connectivity index (χ3v) is 2.39. The quantitative estimate of drug-likeness (QED) is 0.686. The van der Waals surface area contributed by atoms with Crippen molar-refractivity contribution in [2.75, 3.05) is 0 Å². The lowest BCUT2D eigenvalue weighted by molar-refractivity contribution is 0.201. The Labute approximate surface area is 77.2 Å². The third-order valence-electron chi connectivity index (χ3n) is 2.39. The lowest BCUT2D eigenvalue weighted by Gasteiger charge is -2.03. The largest absolute Gasteiger partial charge is 0.389 e. The summed E-state index contributed by atoms with van der Waals surface area (Å²) in [5.74, 6) is 0. The fourth-order valence-electron chi connectivity index (χ4n) is 1.73. The second-order valence-corrected chi connectivity index (χ2v) is 3.42. The summed E-state index contributed by atoms with van der Waals surface area (Å²) in [5, 5.41) is 10.7. The van der Waals surface area contributed by atoms with Crippen molar-refractivity contribution in [1.82, 2.24) is 4.98 Å². The highest BCUT2D eigenvalue weighted by Gasteiger charge is 2.09. The summed E-state index contributed by atoms with van der Waals surface area (Å²) in [5.41, 5.74) is 3.28. The molecule has 0 spiro atoms. The van der Waals surface area contributed by atoms with E-state index in [1.54, 1.807) is 6.92 Å². The molecule has 0 aliphatic heterocycles. The van der Waals surface area contributed by atoms with Crippen LogP contribution in [0.2, 0.25) is 0 Å². The Morgan fingerprint density at radius 3 is 2.85 bits per heavy atom. The van der Waals surface area contributed by atoms with Crippen LogP contribution in [0.4, 0.5) is 0 Å². The Morgan fingerprint density at radius 2 is 2.15 bits per heavy atom. The number of H-pyrrole nitrogens is 1. The molecule has 1 aromatic carbocycles. The average molecular weight is 175 g/mol. The third kappa shape index (κ3) is 1.23. The molecule has 2 rings (SSSR count). The van der Waals surface area contributed by atoms with E-state index in [1.165, 1.54) is 5.56 Å². The summed E-state index contributed by atoms with van der Waals surface area (Å²) in [4.78, 5) is 3.15. The lowest BCUT2D eigenvalue weighted by atomic mass is 10.0. The molecule has 0 aliphatic carbocycles. The van der Waals surface area contributed by atoms with Crippen molar-refractivity contribution >= 4 is 10.9 Å². The molecular weight excluding hydrogens is 162 g/mol. The smallest absolute Gasteiger partial charge is 0.0782 e. The molecule has 0 saturated carbocycles. The summed E-state index contributed by atoms with van der Waals surface area (Å²) < 4.78 is 0. The Balaban J connectivity index is 2.79. The van der Waals surface area contributed by atoms with Crippen molar-refractivity contribution in [1.29, 1.82) is 0 Å². The fourth-order valence-corrected chi connectivity index (χ4v) is 1.73. The second kappa shape index (κ2) is 2.89. The predicted octanol–water partition coefficient (Wildman–Crippen LogP) is 2.53. The number of hydrogen-bond donors (Lipinski definition) is 2. The molecule has 0 aliphatic rings. The van der Waals surface area contributed by atoms with E-state index in [0.717, 1.165) is 16.5 Å². The van der Waals surface area contributed by atoms with Crippen molar-refractivity contribution in [3.63, 3.8) is 0 Å². The molecular formula is C11H13NO. The molecule has 0 amide bonds. The highest BCUT2D eigenvalue weighted by Crippen LogP contribution is 2.26. The molecule has 2 aromatic rings. The zero-order valence-corrected chi connectivity index (χ0v) is 7.83. The molecule has 13 heavy (non-hydrogen) atoms. The second-order valence-electron chi connectivity index (χ2n) is 3.42. The number of nitrogens with one attached hydrogen (secondary N) is 1. The maximum absolute atomic E-state index is 9.52. The van der Waals surface area contributed by atoms with Crippen molar-refractivity contribution in [2.45, 2.75) is 20.0 Å². The first kappa shape index (κ1) is 8.32. The van der Waals surface area contributed by atoms with Gasteiger partial charge in [0.2, 0.25) is 0 Å². The number of benzene rings is 1. The summed E-state index contributed by atoms with van der Waals surface area (Å²) >= 11 is 0. The van der Waals surface area contributed by atoms with Gasteiger partial charge in [-0.25, -0.2) is 0 Å². The highest BCUT2D eigenvalue weighted by atomic mass is 16.3. The normalized spacial score (nSPS) is 13.5. The highest BCUT2D eigenvalue weighted by molar-refractivity contribution is 5.86. The van der Waals surface area contributed by atoms with Crippen molar-refractivity contribution in [3.8, 4) is 0 Å². The zero-order chi connectivity index (χ0) is 9.42. The van der Waals surface area contributed by atoms with Crippen LogP contribution in [-0.4, -0.2) is 10.1 Å². The molecule has 2 heteroatoms. The van der Waals surface area contributed by atoms with Crippen LogP contribution in [0.3, 0.4) is 0 Å². The maximum Gasteiger partial charge on any atom is 0.0782 e. The Hall–Kier alpha value is -1.28. The Morgan fingerprint density at radius 1 is 1.38 bits per heavy atom. The average Bonchev–Trinajstić information content (AvgIpc) is 2.49. The van der Waals surface area contributed by atoms with Gasteiger partial charge in [0.05, 0.1) is 6.10 Å². The number of aromatic amines is 1. The number of hydrogen-bond acceptors (Lipinski definition) is 1. The molecule has 68 valence electrons. The van der Waals surface area contributed by atoms with Gasteiger partial charge in [-0.2, -0.15) is 0 Å². The molecule has 0 saturated heterocycles. The molecule has 0 unspecified atom stereocenters. The van der Waals surface area contributed by atoms with Gasteiger partial charge < -0.3 is 10.1 Å². The topological polar surface area (TPSA) is 36.0 Å². The van der Waals surface area contributed by atoms with E-state index >= 15 is 0 Å². The van der Waals surface area contributed by atoms with Gasteiger partial charge in [0.15, 0.2) is 0 Å². The number of fused-ring (bicyclic) bond motifs is 1. The Kier molecular flexibility index (Phi) is 1.85. The van der Waals surface area contributed by atoms with E-state index in [4.69, 9.17) is 0 Å². The van der Waals surface area contributed by atoms with Gasteiger partial charge in [0.1, 0.15) is 0 Å². The van der Waals surface area contributed by atoms with Crippen LogP contribution in [0.5, 0.6) is 0 Å². The first-order chi connectivity index (χ1) is 6.20. The SMILES string of the molecule is Cc1cccc2[nH]cc([C@@H](C)O)c12.